The van der Waals surface area contributed by atoms with E-state index in [1.54, 1.807) is 0 Å². The lowest BCUT2D eigenvalue weighted by Crippen LogP contribution is -2.28. The Hall–Kier alpha value is -1.67. The van der Waals surface area contributed by atoms with E-state index < -0.39 is 0 Å². The second-order valence-corrected chi connectivity index (χ2v) is 4.47. The number of nitrogen functional groups attached to an aromatic ring is 1. The minimum atomic E-state index is 0.170. The highest BCUT2D eigenvalue weighted by atomic mass is 16.5. The molecule has 1 aromatic heterocycles. The van der Waals surface area contributed by atoms with E-state index in [0.717, 1.165) is 19.3 Å². The minimum Gasteiger partial charge on any atom is -0.464 e. The SMILES string of the molecule is CCOc1nc(NN)nc(NC2CCCC2CO)n1. The first-order valence-corrected chi connectivity index (χ1v) is 6.49. The number of aromatic nitrogens is 3. The van der Waals surface area contributed by atoms with Crippen LogP contribution in [0.5, 0.6) is 6.01 Å². The number of ether oxygens (including phenoxy) is 1. The Labute approximate surface area is 111 Å². The van der Waals surface area contributed by atoms with E-state index in [1.165, 1.54) is 0 Å². The summed E-state index contributed by atoms with van der Waals surface area (Å²) in [4.78, 5) is 12.3. The second-order valence-electron chi connectivity index (χ2n) is 4.47. The first-order valence-electron chi connectivity index (χ1n) is 6.49. The molecular formula is C11H20N6O2. The summed E-state index contributed by atoms with van der Waals surface area (Å²) in [7, 11) is 0. The van der Waals surface area contributed by atoms with Crippen LogP contribution in [0.2, 0.25) is 0 Å². The number of nitrogens with zero attached hydrogens (tertiary/aromatic N) is 3. The molecule has 5 N–H and O–H groups in total. The zero-order chi connectivity index (χ0) is 13.7. The summed E-state index contributed by atoms with van der Waals surface area (Å²) in [6, 6.07) is 0.402. The van der Waals surface area contributed by atoms with Gasteiger partial charge in [0.2, 0.25) is 11.9 Å². The second kappa shape index (κ2) is 6.48. The molecule has 0 radical (unpaired) electrons. The van der Waals surface area contributed by atoms with Crippen LogP contribution in [0.3, 0.4) is 0 Å². The van der Waals surface area contributed by atoms with E-state index in [9.17, 15) is 5.11 Å². The minimum absolute atomic E-state index is 0.170. The Morgan fingerprint density at radius 2 is 2.11 bits per heavy atom. The number of aliphatic hydroxyl groups excluding tert-OH is 1. The summed E-state index contributed by atoms with van der Waals surface area (Å²) in [5.41, 5.74) is 2.38. The topological polar surface area (TPSA) is 118 Å². The highest BCUT2D eigenvalue weighted by molar-refractivity contribution is 5.36. The lowest BCUT2D eigenvalue weighted by atomic mass is 10.1. The molecule has 19 heavy (non-hydrogen) atoms. The van der Waals surface area contributed by atoms with Gasteiger partial charge in [-0.25, -0.2) is 5.84 Å². The van der Waals surface area contributed by atoms with Crippen molar-refractivity contribution in [2.75, 3.05) is 24.0 Å². The molecule has 0 bridgehead atoms. The van der Waals surface area contributed by atoms with Crippen LogP contribution in [0.25, 0.3) is 0 Å². The van der Waals surface area contributed by atoms with E-state index >= 15 is 0 Å². The third-order valence-electron chi connectivity index (χ3n) is 3.23. The Bertz CT molecular complexity index is 416. The van der Waals surface area contributed by atoms with Gasteiger partial charge in [-0.2, -0.15) is 15.0 Å². The molecule has 2 rings (SSSR count). The van der Waals surface area contributed by atoms with Gasteiger partial charge in [0.1, 0.15) is 0 Å². The fraction of sp³-hybridized carbons (Fsp3) is 0.727. The summed E-state index contributed by atoms with van der Waals surface area (Å²) in [5, 5.41) is 12.5. The fourth-order valence-corrected chi connectivity index (χ4v) is 2.29. The predicted molar refractivity (Wildman–Crippen MR) is 70.6 cm³/mol. The van der Waals surface area contributed by atoms with Gasteiger partial charge in [-0.05, 0) is 19.8 Å². The standard InChI is InChI=1S/C11H20N6O2/c1-2-19-11-15-9(14-10(16-11)17-12)13-8-5-3-4-7(8)6-18/h7-8,18H,2-6,12H2,1H3,(H2,13,14,15,16,17). The molecule has 8 nitrogen and oxygen atoms in total. The molecule has 1 aromatic rings. The van der Waals surface area contributed by atoms with Crippen LogP contribution in [-0.2, 0) is 0 Å². The van der Waals surface area contributed by atoms with Gasteiger partial charge in [0.25, 0.3) is 0 Å². The van der Waals surface area contributed by atoms with Crippen molar-refractivity contribution in [1.82, 2.24) is 15.0 Å². The quantitative estimate of drug-likeness (QED) is 0.424. The normalized spacial score (nSPS) is 22.3. The lowest BCUT2D eigenvalue weighted by Gasteiger charge is -2.19. The molecule has 1 heterocycles. The van der Waals surface area contributed by atoms with Gasteiger partial charge >= 0.3 is 6.01 Å². The van der Waals surface area contributed by atoms with Crippen LogP contribution >= 0.6 is 0 Å². The van der Waals surface area contributed by atoms with Crippen LogP contribution in [0.15, 0.2) is 0 Å². The zero-order valence-electron chi connectivity index (χ0n) is 11.0. The number of hydrogen-bond acceptors (Lipinski definition) is 8. The maximum atomic E-state index is 9.30. The number of aliphatic hydroxyl groups is 1. The van der Waals surface area contributed by atoms with Crippen molar-refractivity contribution in [3.05, 3.63) is 0 Å². The van der Waals surface area contributed by atoms with Crippen LogP contribution in [0, 0.1) is 5.92 Å². The summed E-state index contributed by atoms with van der Waals surface area (Å²) in [5.74, 6) is 6.22. The summed E-state index contributed by atoms with van der Waals surface area (Å²) >= 11 is 0. The molecule has 1 aliphatic rings. The van der Waals surface area contributed by atoms with E-state index in [0.29, 0.717) is 12.6 Å². The molecule has 1 fully saturated rings. The maximum Gasteiger partial charge on any atom is 0.323 e. The summed E-state index contributed by atoms with van der Waals surface area (Å²) in [6.07, 6.45) is 3.10. The van der Waals surface area contributed by atoms with E-state index in [1.807, 2.05) is 6.92 Å². The number of nitrogens with one attached hydrogen (secondary N) is 2. The van der Waals surface area contributed by atoms with Crippen molar-refractivity contribution in [1.29, 1.82) is 0 Å². The molecule has 2 atom stereocenters. The highest BCUT2D eigenvalue weighted by Crippen LogP contribution is 2.27. The molecule has 1 aliphatic carbocycles. The molecule has 106 valence electrons. The maximum absolute atomic E-state index is 9.30. The zero-order valence-corrected chi connectivity index (χ0v) is 11.0. The molecular weight excluding hydrogens is 248 g/mol. The van der Waals surface area contributed by atoms with Gasteiger partial charge in [0.15, 0.2) is 0 Å². The van der Waals surface area contributed by atoms with Crippen molar-refractivity contribution in [2.45, 2.75) is 32.2 Å². The van der Waals surface area contributed by atoms with Crippen molar-refractivity contribution >= 4 is 11.9 Å². The molecule has 0 amide bonds. The average molecular weight is 268 g/mol. The number of rotatable bonds is 6. The molecule has 1 saturated carbocycles. The number of hydrazine groups is 1. The summed E-state index contributed by atoms with van der Waals surface area (Å²) < 4.78 is 5.26. The van der Waals surface area contributed by atoms with Gasteiger partial charge in [0, 0.05) is 18.6 Å². The van der Waals surface area contributed by atoms with Gasteiger partial charge < -0.3 is 15.2 Å². The van der Waals surface area contributed by atoms with Crippen LogP contribution in [0.4, 0.5) is 11.9 Å². The van der Waals surface area contributed by atoms with Gasteiger partial charge in [-0.15, -0.1) is 0 Å². The van der Waals surface area contributed by atoms with Crippen molar-refractivity contribution < 1.29 is 9.84 Å². The van der Waals surface area contributed by atoms with Crippen molar-refractivity contribution in [3.63, 3.8) is 0 Å². The Balaban J connectivity index is 2.12. The van der Waals surface area contributed by atoms with Gasteiger partial charge in [0.05, 0.1) is 6.61 Å². The molecule has 2 unspecified atom stereocenters. The van der Waals surface area contributed by atoms with Crippen LogP contribution in [0.1, 0.15) is 26.2 Å². The molecule has 0 spiro atoms. The van der Waals surface area contributed by atoms with Crippen LogP contribution < -0.4 is 21.3 Å². The smallest absolute Gasteiger partial charge is 0.323 e. The first kappa shape index (κ1) is 13.8. The Morgan fingerprint density at radius 1 is 1.32 bits per heavy atom. The third-order valence-corrected chi connectivity index (χ3v) is 3.23. The molecule has 0 aliphatic heterocycles. The first-order chi connectivity index (χ1) is 9.26. The third kappa shape index (κ3) is 3.42. The van der Waals surface area contributed by atoms with Gasteiger partial charge in [-0.1, -0.05) is 6.42 Å². The summed E-state index contributed by atoms with van der Waals surface area (Å²) in [6.45, 7) is 2.49. The van der Waals surface area contributed by atoms with E-state index in [4.69, 9.17) is 10.6 Å². The monoisotopic (exact) mass is 268 g/mol. The lowest BCUT2D eigenvalue weighted by molar-refractivity contribution is 0.222. The number of nitrogens with two attached hydrogens (primary N) is 1. The number of anilines is 2. The van der Waals surface area contributed by atoms with E-state index in [2.05, 4.69) is 25.7 Å². The van der Waals surface area contributed by atoms with Crippen LogP contribution in [-0.4, -0.2) is 39.3 Å². The van der Waals surface area contributed by atoms with E-state index in [-0.39, 0.29) is 30.5 Å². The fourth-order valence-electron chi connectivity index (χ4n) is 2.29. The Morgan fingerprint density at radius 3 is 2.79 bits per heavy atom. The molecule has 0 aromatic carbocycles. The Kier molecular flexibility index (Phi) is 4.69. The highest BCUT2D eigenvalue weighted by Gasteiger charge is 2.27. The molecule has 0 saturated heterocycles. The average Bonchev–Trinajstić information content (AvgIpc) is 2.86. The van der Waals surface area contributed by atoms with Gasteiger partial charge in [-0.3, -0.25) is 5.43 Å². The molecule has 8 heteroatoms. The predicted octanol–water partition coefficient (Wildman–Crippen LogP) is 0.129. The number of hydrogen-bond donors (Lipinski definition) is 4. The van der Waals surface area contributed by atoms with Crippen molar-refractivity contribution in [3.8, 4) is 6.01 Å². The van der Waals surface area contributed by atoms with Crippen molar-refractivity contribution in [2.24, 2.45) is 11.8 Å². The largest absolute Gasteiger partial charge is 0.464 e.